The number of nitrogens with zero attached hydrogens (tertiary/aromatic N) is 2. The van der Waals surface area contributed by atoms with Crippen LogP contribution in [0, 0.1) is 0 Å². The SMILES string of the molecule is CCNC(=NCc1ccccc1OCC)NCCCCCCCN(C)C.I. The van der Waals surface area contributed by atoms with Gasteiger partial charge in [-0.3, -0.25) is 0 Å². The van der Waals surface area contributed by atoms with Crippen molar-refractivity contribution in [2.75, 3.05) is 40.3 Å². The molecule has 0 saturated carbocycles. The zero-order valence-corrected chi connectivity index (χ0v) is 19.9. The molecule has 1 aromatic rings. The van der Waals surface area contributed by atoms with Crippen molar-refractivity contribution in [3.63, 3.8) is 0 Å². The molecule has 156 valence electrons. The Bertz CT molecular complexity index is 509. The van der Waals surface area contributed by atoms with E-state index in [2.05, 4.69) is 42.6 Å². The lowest BCUT2D eigenvalue weighted by Crippen LogP contribution is -2.37. The molecule has 0 aliphatic rings. The number of hydrogen-bond acceptors (Lipinski definition) is 3. The van der Waals surface area contributed by atoms with E-state index in [1.54, 1.807) is 0 Å². The number of unbranched alkanes of at least 4 members (excludes halogenated alkanes) is 4. The quantitative estimate of drug-likeness (QED) is 0.188. The Morgan fingerprint density at radius 3 is 2.41 bits per heavy atom. The van der Waals surface area contributed by atoms with Crippen LogP contribution < -0.4 is 15.4 Å². The number of benzene rings is 1. The molecule has 1 rings (SSSR count). The molecule has 0 fully saturated rings. The number of nitrogens with one attached hydrogen (secondary N) is 2. The third-order valence-electron chi connectivity index (χ3n) is 4.10. The van der Waals surface area contributed by atoms with Crippen LogP contribution in [-0.2, 0) is 6.54 Å². The first kappa shape index (κ1) is 26.0. The van der Waals surface area contributed by atoms with Gasteiger partial charge in [0.1, 0.15) is 5.75 Å². The van der Waals surface area contributed by atoms with Crippen LogP contribution in [0.3, 0.4) is 0 Å². The molecule has 2 N–H and O–H groups in total. The van der Waals surface area contributed by atoms with Crippen LogP contribution in [0.4, 0.5) is 0 Å². The highest BCUT2D eigenvalue weighted by molar-refractivity contribution is 14.0. The maximum atomic E-state index is 5.68. The highest BCUT2D eigenvalue weighted by atomic mass is 127. The summed E-state index contributed by atoms with van der Waals surface area (Å²) in [6.45, 7) is 8.42. The van der Waals surface area contributed by atoms with Crippen LogP contribution in [0.5, 0.6) is 5.75 Å². The third-order valence-corrected chi connectivity index (χ3v) is 4.10. The van der Waals surface area contributed by atoms with Gasteiger partial charge in [0.2, 0.25) is 0 Å². The Hall–Kier alpha value is -1.02. The minimum Gasteiger partial charge on any atom is -0.494 e. The Kier molecular flexibility index (Phi) is 16.5. The molecule has 6 heteroatoms. The van der Waals surface area contributed by atoms with Crippen molar-refractivity contribution in [2.24, 2.45) is 4.99 Å². The zero-order valence-electron chi connectivity index (χ0n) is 17.6. The van der Waals surface area contributed by atoms with Crippen molar-refractivity contribution >= 4 is 29.9 Å². The molecule has 0 aliphatic heterocycles. The highest BCUT2D eigenvalue weighted by Crippen LogP contribution is 2.18. The average molecular weight is 490 g/mol. The van der Waals surface area contributed by atoms with Crippen LogP contribution >= 0.6 is 24.0 Å². The van der Waals surface area contributed by atoms with Gasteiger partial charge in [-0.1, -0.05) is 37.5 Å². The molecule has 27 heavy (non-hydrogen) atoms. The summed E-state index contributed by atoms with van der Waals surface area (Å²) in [7, 11) is 4.27. The van der Waals surface area contributed by atoms with Crippen molar-refractivity contribution < 1.29 is 4.74 Å². The van der Waals surface area contributed by atoms with Gasteiger partial charge in [0.15, 0.2) is 5.96 Å². The van der Waals surface area contributed by atoms with E-state index in [0.29, 0.717) is 13.2 Å². The number of aliphatic imine (C=N–C) groups is 1. The van der Waals surface area contributed by atoms with Gasteiger partial charge in [-0.2, -0.15) is 0 Å². The van der Waals surface area contributed by atoms with Crippen molar-refractivity contribution in [3.05, 3.63) is 29.8 Å². The normalized spacial score (nSPS) is 11.2. The summed E-state index contributed by atoms with van der Waals surface area (Å²) in [5.74, 6) is 1.80. The topological polar surface area (TPSA) is 48.9 Å². The third kappa shape index (κ3) is 12.9. The van der Waals surface area contributed by atoms with Crippen LogP contribution in [0.2, 0.25) is 0 Å². The predicted octanol–water partition coefficient (Wildman–Crippen LogP) is 4.27. The summed E-state index contributed by atoms with van der Waals surface area (Å²) >= 11 is 0. The fourth-order valence-corrected chi connectivity index (χ4v) is 2.73. The Balaban J connectivity index is 0.00000676. The summed E-state index contributed by atoms with van der Waals surface area (Å²) in [6.07, 6.45) is 6.38. The van der Waals surface area contributed by atoms with E-state index in [1.807, 2.05) is 25.1 Å². The maximum Gasteiger partial charge on any atom is 0.191 e. The molecule has 0 unspecified atom stereocenters. The second-order valence-corrected chi connectivity index (χ2v) is 6.73. The molecular weight excluding hydrogens is 451 g/mol. The van der Waals surface area contributed by atoms with Crippen molar-refractivity contribution in [3.8, 4) is 5.75 Å². The molecule has 5 nitrogen and oxygen atoms in total. The fraction of sp³-hybridized carbons (Fsp3) is 0.667. The number of halogens is 1. The number of guanidine groups is 1. The van der Waals surface area contributed by atoms with Crippen molar-refractivity contribution in [2.45, 2.75) is 52.5 Å². The molecule has 0 atom stereocenters. The van der Waals surface area contributed by atoms with E-state index < -0.39 is 0 Å². The van der Waals surface area contributed by atoms with E-state index in [0.717, 1.165) is 30.4 Å². The first-order valence-electron chi connectivity index (χ1n) is 10.0. The van der Waals surface area contributed by atoms with Crippen molar-refractivity contribution in [1.82, 2.24) is 15.5 Å². The maximum absolute atomic E-state index is 5.68. The smallest absolute Gasteiger partial charge is 0.191 e. The second-order valence-electron chi connectivity index (χ2n) is 6.73. The molecule has 0 aromatic heterocycles. The van der Waals surface area contributed by atoms with Crippen LogP contribution in [0.1, 0.15) is 51.5 Å². The minimum atomic E-state index is 0. The van der Waals surface area contributed by atoms with E-state index >= 15 is 0 Å². The molecule has 0 heterocycles. The molecule has 0 bridgehead atoms. The van der Waals surface area contributed by atoms with Gasteiger partial charge >= 0.3 is 0 Å². The lowest BCUT2D eigenvalue weighted by atomic mass is 10.1. The molecule has 0 radical (unpaired) electrons. The standard InChI is InChI=1S/C21H38N4O.HI/c1-5-22-21(23-16-12-8-7-9-13-17-25(3)4)24-18-19-14-10-11-15-20(19)26-6-2;/h10-11,14-15H,5-9,12-13,16-18H2,1-4H3,(H2,22,23,24);1H. The largest absolute Gasteiger partial charge is 0.494 e. The number of para-hydroxylation sites is 1. The van der Waals surface area contributed by atoms with E-state index in [4.69, 9.17) is 9.73 Å². The minimum absolute atomic E-state index is 0. The van der Waals surface area contributed by atoms with Gasteiger partial charge in [0, 0.05) is 18.7 Å². The Morgan fingerprint density at radius 2 is 1.70 bits per heavy atom. The number of rotatable bonds is 13. The van der Waals surface area contributed by atoms with Gasteiger partial charge in [-0.25, -0.2) is 4.99 Å². The summed E-state index contributed by atoms with van der Waals surface area (Å²) in [6, 6.07) is 8.11. The second kappa shape index (κ2) is 17.1. The van der Waals surface area contributed by atoms with E-state index in [9.17, 15) is 0 Å². The fourth-order valence-electron chi connectivity index (χ4n) is 2.73. The Labute approximate surface area is 183 Å². The summed E-state index contributed by atoms with van der Waals surface area (Å²) in [5.41, 5.74) is 1.12. The molecule has 0 saturated heterocycles. The zero-order chi connectivity index (χ0) is 19.0. The predicted molar refractivity (Wildman–Crippen MR) is 127 cm³/mol. The van der Waals surface area contributed by atoms with Crippen LogP contribution in [-0.4, -0.2) is 51.2 Å². The molecule has 0 amide bonds. The van der Waals surface area contributed by atoms with Gasteiger partial charge in [-0.05, 0) is 53.4 Å². The van der Waals surface area contributed by atoms with E-state index in [1.165, 1.54) is 38.6 Å². The summed E-state index contributed by atoms with van der Waals surface area (Å²) < 4.78 is 5.68. The van der Waals surface area contributed by atoms with Gasteiger partial charge in [-0.15, -0.1) is 24.0 Å². The molecule has 0 aliphatic carbocycles. The summed E-state index contributed by atoms with van der Waals surface area (Å²) in [4.78, 5) is 6.96. The van der Waals surface area contributed by atoms with Gasteiger partial charge < -0.3 is 20.3 Å². The van der Waals surface area contributed by atoms with Crippen LogP contribution in [0.25, 0.3) is 0 Å². The Morgan fingerprint density at radius 1 is 1.00 bits per heavy atom. The molecular formula is C21H39IN4O. The molecule has 0 spiro atoms. The lowest BCUT2D eigenvalue weighted by molar-refractivity contribution is 0.336. The number of hydrogen-bond donors (Lipinski definition) is 2. The first-order chi connectivity index (χ1) is 12.7. The van der Waals surface area contributed by atoms with Gasteiger partial charge in [0.25, 0.3) is 0 Å². The van der Waals surface area contributed by atoms with E-state index in [-0.39, 0.29) is 24.0 Å². The lowest BCUT2D eigenvalue weighted by Gasteiger charge is -2.13. The van der Waals surface area contributed by atoms with Crippen molar-refractivity contribution in [1.29, 1.82) is 0 Å². The monoisotopic (exact) mass is 490 g/mol. The first-order valence-corrected chi connectivity index (χ1v) is 10.0. The highest BCUT2D eigenvalue weighted by Gasteiger charge is 2.03. The number of ether oxygens (including phenoxy) is 1. The average Bonchev–Trinajstić information content (AvgIpc) is 2.62. The van der Waals surface area contributed by atoms with Crippen LogP contribution in [0.15, 0.2) is 29.3 Å². The molecule has 1 aromatic carbocycles. The van der Waals surface area contributed by atoms with Gasteiger partial charge in [0.05, 0.1) is 13.2 Å². The summed E-state index contributed by atoms with van der Waals surface area (Å²) in [5, 5.41) is 6.76.